The smallest absolute Gasteiger partial charge is 0.295 e. The summed E-state index contributed by atoms with van der Waals surface area (Å²) in [7, 11) is 1.36. The minimum Gasteiger partial charge on any atom is -0.368 e. The van der Waals surface area contributed by atoms with Crippen LogP contribution in [0.3, 0.4) is 0 Å². The van der Waals surface area contributed by atoms with Crippen molar-refractivity contribution in [1.82, 2.24) is 4.90 Å². The fourth-order valence-corrected chi connectivity index (χ4v) is 2.17. The molecule has 21 heavy (non-hydrogen) atoms. The molecule has 0 spiro atoms. The lowest BCUT2D eigenvalue weighted by Gasteiger charge is -2.28. The molecule has 0 radical (unpaired) electrons. The molecule has 1 fully saturated rings. The fourth-order valence-electron chi connectivity index (χ4n) is 2.17. The van der Waals surface area contributed by atoms with Crippen LogP contribution in [0.5, 0.6) is 0 Å². The van der Waals surface area contributed by atoms with E-state index >= 15 is 0 Å². The molecule has 0 aliphatic carbocycles. The quantitative estimate of drug-likeness (QED) is 0.519. The summed E-state index contributed by atoms with van der Waals surface area (Å²) in [6.07, 6.45) is 0.420. The number of nitro benzene ring substituents is 1. The van der Waals surface area contributed by atoms with E-state index < -0.39 is 28.4 Å². The number of hydrogen-bond donors (Lipinski definition) is 1. The van der Waals surface area contributed by atoms with Gasteiger partial charge < -0.3 is 5.32 Å². The lowest BCUT2D eigenvalue weighted by molar-refractivity contribution is -0.384. The number of nitrogens with zero attached hydrogens (tertiary/aromatic N) is 2. The third-order valence-corrected chi connectivity index (χ3v) is 3.45. The Bertz CT molecular complexity index is 632. The number of piperidine rings is 1. The molecule has 1 aromatic carbocycles. The molecule has 1 saturated heterocycles. The summed E-state index contributed by atoms with van der Waals surface area (Å²) in [5.41, 5.74) is -0.138. The molecule has 2 amide bonds. The van der Waals surface area contributed by atoms with E-state index in [4.69, 9.17) is 0 Å². The molecule has 1 aliphatic rings. The number of anilines is 1. The van der Waals surface area contributed by atoms with Gasteiger partial charge in [-0.2, -0.15) is 0 Å². The van der Waals surface area contributed by atoms with Crippen LogP contribution in [0.15, 0.2) is 12.1 Å². The summed E-state index contributed by atoms with van der Waals surface area (Å²) in [6.45, 7) is 1.47. The van der Waals surface area contributed by atoms with Gasteiger partial charge in [-0.05, 0) is 25.0 Å². The van der Waals surface area contributed by atoms with Crippen molar-refractivity contribution in [3.63, 3.8) is 0 Å². The number of amides is 2. The van der Waals surface area contributed by atoms with Gasteiger partial charge in [0.2, 0.25) is 5.91 Å². The molecule has 8 heteroatoms. The van der Waals surface area contributed by atoms with Crippen molar-refractivity contribution in [2.75, 3.05) is 12.4 Å². The van der Waals surface area contributed by atoms with Crippen LogP contribution >= 0.6 is 0 Å². The molecule has 1 N–H and O–H groups in total. The van der Waals surface area contributed by atoms with Gasteiger partial charge in [0, 0.05) is 13.5 Å². The van der Waals surface area contributed by atoms with Crippen molar-refractivity contribution in [3.05, 3.63) is 33.6 Å². The van der Waals surface area contributed by atoms with Gasteiger partial charge in [-0.1, -0.05) is 0 Å². The highest BCUT2D eigenvalue weighted by molar-refractivity contribution is 6.01. The van der Waals surface area contributed by atoms with Crippen LogP contribution in [0.2, 0.25) is 0 Å². The number of aryl methyl sites for hydroxylation is 1. The van der Waals surface area contributed by atoms with Crippen LogP contribution in [0.4, 0.5) is 15.8 Å². The Morgan fingerprint density at radius 2 is 2.10 bits per heavy atom. The van der Waals surface area contributed by atoms with Crippen LogP contribution in [0.25, 0.3) is 0 Å². The number of benzene rings is 1. The van der Waals surface area contributed by atoms with E-state index in [0.29, 0.717) is 0 Å². The molecule has 112 valence electrons. The standard InChI is InChI=1S/C13H14FN3O4/c1-7-5-10(11(17(20)21)6-8(7)14)15-9-3-4-12(18)16(2)13(9)19/h5-6,9,15H,3-4H2,1-2H3. The minimum absolute atomic E-state index is 0.0694. The van der Waals surface area contributed by atoms with Gasteiger partial charge in [-0.15, -0.1) is 0 Å². The molecule has 0 bridgehead atoms. The highest BCUT2D eigenvalue weighted by atomic mass is 19.1. The molecule has 1 aromatic rings. The number of carbonyl (C=O) groups is 2. The van der Waals surface area contributed by atoms with Gasteiger partial charge in [-0.25, -0.2) is 4.39 Å². The van der Waals surface area contributed by atoms with Crippen molar-refractivity contribution in [1.29, 1.82) is 0 Å². The minimum atomic E-state index is -0.740. The highest BCUT2D eigenvalue weighted by Crippen LogP contribution is 2.29. The van der Waals surface area contributed by atoms with Gasteiger partial charge in [0.05, 0.1) is 11.0 Å². The molecule has 2 rings (SSSR count). The number of halogens is 1. The number of carbonyl (C=O) groups excluding carboxylic acids is 2. The van der Waals surface area contributed by atoms with Gasteiger partial charge >= 0.3 is 0 Å². The Balaban J connectivity index is 2.31. The first-order valence-electron chi connectivity index (χ1n) is 6.32. The number of imide groups is 1. The zero-order valence-electron chi connectivity index (χ0n) is 11.6. The maximum atomic E-state index is 13.4. The molecule has 0 aromatic heterocycles. The Hall–Kier alpha value is -2.51. The summed E-state index contributed by atoms with van der Waals surface area (Å²) in [5.74, 6) is -1.43. The summed E-state index contributed by atoms with van der Waals surface area (Å²) < 4.78 is 13.4. The second-order valence-electron chi connectivity index (χ2n) is 4.90. The number of nitrogens with one attached hydrogen (secondary N) is 1. The summed E-state index contributed by atoms with van der Waals surface area (Å²) in [4.78, 5) is 34.6. The second kappa shape index (κ2) is 5.47. The van der Waals surface area contributed by atoms with E-state index in [0.717, 1.165) is 11.0 Å². The van der Waals surface area contributed by atoms with E-state index in [-0.39, 0.29) is 30.0 Å². The van der Waals surface area contributed by atoms with Crippen molar-refractivity contribution in [2.45, 2.75) is 25.8 Å². The van der Waals surface area contributed by atoms with Gasteiger partial charge in [0.1, 0.15) is 17.5 Å². The number of likely N-dealkylation sites (N-methyl/N-ethyl adjacent to an activating group) is 1. The van der Waals surface area contributed by atoms with Crippen LogP contribution < -0.4 is 5.32 Å². The first kappa shape index (κ1) is 14.9. The predicted molar refractivity (Wildman–Crippen MR) is 72.2 cm³/mol. The van der Waals surface area contributed by atoms with E-state index in [1.807, 2.05) is 0 Å². The van der Waals surface area contributed by atoms with Crippen LogP contribution in [0, 0.1) is 22.9 Å². The Labute approximate surface area is 119 Å². The van der Waals surface area contributed by atoms with Crippen molar-refractivity contribution >= 4 is 23.2 Å². The molecule has 7 nitrogen and oxygen atoms in total. The Morgan fingerprint density at radius 3 is 2.71 bits per heavy atom. The number of hydrogen-bond acceptors (Lipinski definition) is 5. The third kappa shape index (κ3) is 2.83. The molecule has 1 heterocycles. The maximum absolute atomic E-state index is 13.4. The van der Waals surface area contributed by atoms with Crippen molar-refractivity contribution < 1.29 is 18.9 Å². The van der Waals surface area contributed by atoms with Crippen molar-refractivity contribution in [3.8, 4) is 0 Å². The summed E-state index contributed by atoms with van der Waals surface area (Å²) in [6, 6.07) is 1.37. The predicted octanol–water partition coefficient (Wildman–Crippen LogP) is 1.60. The van der Waals surface area contributed by atoms with E-state index in [2.05, 4.69) is 5.32 Å². The van der Waals surface area contributed by atoms with E-state index in [1.165, 1.54) is 20.0 Å². The van der Waals surface area contributed by atoms with E-state index in [1.54, 1.807) is 0 Å². The largest absolute Gasteiger partial charge is 0.368 e. The Morgan fingerprint density at radius 1 is 1.43 bits per heavy atom. The number of likely N-dealkylation sites (tertiary alicyclic amines) is 1. The molecule has 0 saturated carbocycles. The topological polar surface area (TPSA) is 92.6 Å². The maximum Gasteiger partial charge on any atom is 0.295 e. The first-order valence-corrected chi connectivity index (χ1v) is 6.32. The summed E-state index contributed by atoms with van der Waals surface area (Å²) in [5, 5.41) is 13.7. The first-order chi connectivity index (χ1) is 9.81. The van der Waals surface area contributed by atoms with Gasteiger partial charge in [-0.3, -0.25) is 24.6 Å². The average molecular weight is 295 g/mol. The lowest BCUT2D eigenvalue weighted by Crippen LogP contribution is -2.48. The molecule has 1 atom stereocenters. The average Bonchev–Trinajstić information content (AvgIpc) is 2.43. The normalized spacial score (nSPS) is 18.8. The fraction of sp³-hybridized carbons (Fsp3) is 0.385. The monoisotopic (exact) mass is 295 g/mol. The number of nitro groups is 1. The van der Waals surface area contributed by atoms with Crippen LogP contribution in [-0.4, -0.2) is 34.7 Å². The molecular weight excluding hydrogens is 281 g/mol. The van der Waals surface area contributed by atoms with Crippen LogP contribution in [-0.2, 0) is 9.59 Å². The highest BCUT2D eigenvalue weighted by Gasteiger charge is 2.33. The van der Waals surface area contributed by atoms with Gasteiger partial charge in [0.25, 0.3) is 11.6 Å². The van der Waals surface area contributed by atoms with E-state index in [9.17, 15) is 24.1 Å². The number of rotatable bonds is 3. The second-order valence-corrected chi connectivity index (χ2v) is 4.90. The SMILES string of the molecule is Cc1cc(NC2CCC(=O)N(C)C2=O)c([N+](=O)[O-])cc1F. The molecular formula is C13H14FN3O4. The third-order valence-electron chi connectivity index (χ3n) is 3.45. The van der Waals surface area contributed by atoms with Crippen molar-refractivity contribution in [2.24, 2.45) is 0 Å². The van der Waals surface area contributed by atoms with Crippen LogP contribution in [0.1, 0.15) is 18.4 Å². The Kier molecular flexibility index (Phi) is 3.88. The lowest BCUT2D eigenvalue weighted by atomic mass is 10.0. The summed E-state index contributed by atoms with van der Waals surface area (Å²) >= 11 is 0. The molecule has 1 aliphatic heterocycles. The zero-order valence-corrected chi connectivity index (χ0v) is 11.6. The molecule has 1 unspecified atom stereocenters. The zero-order chi connectivity index (χ0) is 15.7. The van der Waals surface area contributed by atoms with Gasteiger partial charge in [0.15, 0.2) is 0 Å².